The maximum atomic E-state index is 13.0. The first-order valence-electron chi connectivity index (χ1n) is 9.99. The van der Waals surface area contributed by atoms with Gasteiger partial charge in [0.15, 0.2) is 6.61 Å². The molecule has 1 fully saturated rings. The highest BCUT2D eigenvalue weighted by atomic mass is 32.2. The second kappa shape index (κ2) is 10.0. The smallest absolute Gasteiger partial charge is 0.338 e. The van der Waals surface area contributed by atoms with Gasteiger partial charge in [-0.1, -0.05) is 36.4 Å². The maximum absolute atomic E-state index is 13.0. The number of nitrogens with one attached hydrogen (secondary N) is 1. The Morgan fingerprint density at radius 3 is 2.42 bits per heavy atom. The lowest BCUT2D eigenvalue weighted by atomic mass is 10.2. The predicted octanol–water partition coefficient (Wildman–Crippen LogP) is 1.96. The third kappa shape index (κ3) is 6.13. The molecule has 1 aliphatic rings. The van der Waals surface area contributed by atoms with Gasteiger partial charge in [0, 0.05) is 19.6 Å². The molecule has 1 saturated heterocycles. The molecule has 2 atom stereocenters. The summed E-state index contributed by atoms with van der Waals surface area (Å²) >= 11 is 0. The van der Waals surface area contributed by atoms with E-state index >= 15 is 0 Å². The van der Waals surface area contributed by atoms with Crippen LogP contribution in [0.2, 0.25) is 0 Å². The van der Waals surface area contributed by atoms with Crippen molar-refractivity contribution in [3.63, 3.8) is 0 Å². The number of carbonyl (C=O) groups excluding carboxylic acids is 2. The SMILES string of the molecule is C[C@@H]1CN(S(=O)(=O)c2cccc(C(=O)OCC(=O)NCc3ccccc3)c2)C[C@@H](C)O1. The van der Waals surface area contributed by atoms with Crippen LogP contribution in [0.15, 0.2) is 59.5 Å². The van der Waals surface area contributed by atoms with Crippen molar-refractivity contribution in [1.29, 1.82) is 0 Å². The molecule has 2 aromatic carbocycles. The first-order chi connectivity index (χ1) is 14.8. The minimum absolute atomic E-state index is 0.00298. The van der Waals surface area contributed by atoms with Crippen LogP contribution < -0.4 is 5.32 Å². The van der Waals surface area contributed by atoms with Crippen LogP contribution in [-0.4, -0.2) is 56.5 Å². The van der Waals surface area contributed by atoms with E-state index in [-0.39, 0.29) is 35.8 Å². The van der Waals surface area contributed by atoms with Gasteiger partial charge in [-0.2, -0.15) is 4.31 Å². The topological polar surface area (TPSA) is 102 Å². The highest BCUT2D eigenvalue weighted by Gasteiger charge is 2.32. The fraction of sp³-hybridized carbons (Fsp3) is 0.364. The number of esters is 1. The number of morpholine rings is 1. The van der Waals surface area contributed by atoms with Crippen molar-refractivity contribution in [3.05, 3.63) is 65.7 Å². The van der Waals surface area contributed by atoms with E-state index in [1.807, 2.05) is 44.2 Å². The fourth-order valence-corrected chi connectivity index (χ4v) is 4.96. The van der Waals surface area contributed by atoms with Gasteiger partial charge in [-0.25, -0.2) is 13.2 Å². The van der Waals surface area contributed by atoms with Crippen LogP contribution in [0.5, 0.6) is 0 Å². The zero-order valence-electron chi connectivity index (χ0n) is 17.5. The molecule has 0 unspecified atom stereocenters. The van der Waals surface area contributed by atoms with Gasteiger partial charge in [-0.05, 0) is 37.6 Å². The molecule has 3 rings (SSSR count). The Hall–Kier alpha value is -2.75. The van der Waals surface area contributed by atoms with Gasteiger partial charge >= 0.3 is 5.97 Å². The number of ether oxygens (including phenoxy) is 2. The monoisotopic (exact) mass is 446 g/mol. The Morgan fingerprint density at radius 2 is 1.74 bits per heavy atom. The Labute approximate surface area is 182 Å². The predicted molar refractivity (Wildman–Crippen MR) is 114 cm³/mol. The zero-order valence-corrected chi connectivity index (χ0v) is 18.3. The Balaban J connectivity index is 1.60. The van der Waals surface area contributed by atoms with E-state index in [9.17, 15) is 18.0 Å². The minimum Gasteiger partial charge on any atom is -0.452 e. The van der Waals surface area contributed by atoms with Crippen molar-refractivity contribution in [1.82, 2.24) is 9.62 Å². The van der Waals surface area contributed by atoms with E-state index in [4.69, 9.17) is 9.47 Å². The van der Waals surface area contributed by atoms with E-state index in [1.54, 1.807) is 0 Å². The summed E-state index contributed by atoms with van der Waals surface area (Å²) < 4.78 is 38.0. The van der Waals surface area contributed by atoms with Crippen molar-refractivity contribution in [2.45, 2.75) is 37.5 Å². The van der Waals surface area contributed by atoms with E-state index in [0.717, 1.165) is 5.56 Å². The van der Waals surface area contributed by atoms with Gasteiger partial charge < -0.3 is 14.8 Å². The largest absolute Gasteiger partial charge is 0.452 e. The van der Waals surface area contributed by atoms with Crippen LogP contribution in [0.3, 0.4) is 0 Å². The van der Waals surface area contributed by atoms with Gasteiger partial charge in [0.1, 0.15) is 0 Å². The van der Waals surface area contributed by atoms with E-state index in [1.165, 1.54) is 28.6 Å². The highest BCUT2D eigenvalue weighted by Crippen LogP contribution is 2.22. The Morgan fingerprint density at radius 1 is 1.06 bits per heavy atom. The standard InChI is InChI=1S/C22H26N2O6S/c1-16-13-24(14-17(2)30-16)31(27,28)20-10-6-9-19(11-20)22(26)29-15-21(25)23-12-18-7-4-3-5-8-18/h3-11,16-17H,12-15H2,1-2H3,(H,23,25)/t16-,17-/m1/s1. The highest BCUT2D eigenvalue weighted by molar-refractivity contribution is 7.89. The molecule has 0 aliphatic carbocycles. The van der Waals surface area contributed by atoms with Crippen LogP contribution >= 0.6 is 0 Å². The molecular weight excluding hydrogens is 420 g/mol. The normalized spacial score (nSPS) is 19.5. The third-order valence-electron chi connectivity index (χ3n) is 4.76. The molecule has 8 nitrogen and oxygen atoms in total. The number of nitrogens with zero attached hydrogens (tertiary/aromatic N) is 1. The van der Waals surface area contributed by atoms with Crippen LogP contribution in [0.25, 0.3) is 0 Å². The molecule has 9 heteroatoms. The summed E-state index contributed by atoms with van der Waals surface area (Å²) in [5.41, 5.74) is 0.984. The molecule has 31 heavy (non-hydrogen) atoms. The molecule has 1 aliphatic heterocycles. The lowest BCUT2D eigenvalue weighted by Gasteiger charge is -2.34. The summed E-state index contributed by atoms with van der Waals surface area (Å²) in [6.07, 6.45) is -0.442. The van der Waals surface area contributed by atoms with Gasteiger partial charge in [-0.15, -0.1) is 0 Å². The molecule has 0 bridgehead atoms. The lowest BCUT2D eigenvalue weighted by Crippen LogP contribution is -2.48. The molecule has 0 radical (unpaired) electrons. The third-order valence-corrected chi connectivity index (χ3v) is 6.59. The van der Waals surface area contributed by atoms with Crippen molar-refractivity contribution < 1.29 is 27.5 Å². The van der Waals surface area contributed by atoms with Crippen LogP contribution in [0.1, 0.15) is 29.8 Å². The number of rotatable bonds is 7. The molecule has 1 heterocycles. The van der Waals surface area contributed by atoms with Crippen molar-refractivity contribution >= 4 is 21.9 Å². The average molecular weight is 447 g/mol. The minimum atomic E-state index is -3.79. The first kappa shape index (κ1) is 22.9. The number of amides is 1. The molecular formula is C22H26N2O6S. The second-order valence-corrected chi connectivity index (χ2v) is 9.38. The van der Waals surface area contributed by atoms with Crippen molar-refractivity contribution in [3.8, 4) is 0 Å². The summed E-state index contributed by atoms with van der Waals surface area (Å²) in [5.74, 6) is -1.21. The number of carbonyl (C=O) groups is 2. The van der Waals surface area contributed by atoms with Gasteiger partial charge in [0.25, 0.3) is 5.91 Å². The van der Waals surface area contributed by atoms with Crippen molar-refractivity contribution in [2.24, 2.45) is 0 Å². The Bertz CT molecular complexity index is 1020. The van der Waals surface area contributed by atoms with Crippen molar-refractivity contribution in [2.75, 3.05) is 19.7 Å². The van der Waals surface area contributed by atoms with E-state index in [0.29, 0.717) is 6.54 Å². The van der Waals surface area contributed by atoms with Gasteiger partial charge in [0.05, 0.1) is 22.7 Å². The summed E-state index contributed by atoms with van der Waals surface area (Å²) in [5, 5.41) is 2.66. The number of hydrogen-bond acceptors (Lipinski definition) is 6. The quantitative estimate of drug-likeness (QED) is 0.653. The van der Waals surface area contributed by atoms with E-state index in [2.05, 4.69) is 5.32 Å². The van der Waals surface area contributed by atoms with E-state index < -0.39 is 28.5 Å². The maximum Gasteiger partial charge on any atom is 0.338 e. The van der Waals surface area contributed by atoms with Crippen LogP contribution in [0.4, 0.5) is 0 Å². The second-order valence-electron chi connectivity index (χ2n) is 7.45. The molecule has 1 amide bonds. The summed E-state index contributed by atoms with van der Waals surface area (Å²) in [4.78, 5) is 24.3. The number of sulfonamides is 1. The summed E-state index contributed by atoms with van der Waals surface area (Å²) in [7, 11) is -3.79. The molecule has 0 aromatic heterocycles. The summed E-state index contributed by atoms with van der Waals surface area (Å²) in [6.45, 7) is 3.97. The lowest BCUT2D eigenvalue weighted by molar-refractivity contribution is -0.124. The number of hydrogen-bond donors (Lipinski definition) is 1. The molecule has 2 aromatic rings. The fourth-order valence-electron chi connectivity index (χ4n) is 3.32. The van der Waals surface area contributed by atoms with Gasteiger partial charge in [0.2, 0.25) is 10.0 Å². The van der Waals surface area contributed by atoms with Gasteiger partial charge in [-0.3, -0.25) is 4.79 Å². The average Bonchev–Trinajstić information content (AvgIpc) is 2.76. The zero-order chi connectivity index (χ0) is 22.4. The van der Waals surface area contributed by atoms with Crippen LogP contribution in [-0.2, 0) is 30.8 Å². The Kier molecular flexibility index (Phi) is 7.42. The number of benzene rings is 2. The molecule has 0 saturated carbocycles. The molecule has 1 N–H and O–H groups in total. The molecule has 166 valence electrons. The summed E-state index contributed by atoms with van der Waals surface area (Å²) in [6, 6.07) is 15.0. The van der Waals surface area contributed by atoms with Crippen LogP contribution in [0, 0.1) is 0 Å². The first-order valence-corrected chi connectivity index (χ1v) is 11.4. The molecule has 0 spiro atoms.